The molecule has 0 aliphatic carbocycles. The first-order valence-electron chi connectivity index (χ1n) is 10.7. The van der Waals surface area contributed by atoms with Gasteiger partial charge in [0.1, 0.15) is 5.78 Å². The summed E-state index contributed by atoms with van der Waals surface area (Å²) >= 11 is 0. The maximum absolute atomic E-state index is 11.5. The van der Waals surface area contributed by atoms with Crippen LogP contribution in [0.5, 0.6) is 0 Å². The monoisotopic (exact) mass is 370 g/mol. The molecule has 2 fully saturated rings. The second-order valence-corrected chi connectivity index (χ2v) is 7.53. The van der Waals surface area contributed by atoms with Gasteiger partial charge in [-0.05, 0) is 72.6 Å². The first-order valence-corrected chi connectivity index (χ1v) is 10.7. The van der Waals surface area contributed by atoms with Crippen LogP contribution in [0.4, 0.5) is 0 Å². The third-order valence-corrected chi connectivity index (χ3v) is 5.41. The second-order valence-electron chi connectivity index (χ2n) is 7.53. The quantitative estimate of drug-likeness (QED) is 0.583. The summed E-state index contributed by atoms with van der Waals surface area (Å²) in [5.41, 5.74) is 0. The maximum Gasteiger partial charge on any atom is 0.133 e. The fourth-order valence-corrected chi connectivity index (χ4v) is 3.82. The number of ketones is 1. The molecule has 154 valence electrons. The van der Waals surface area contributed by atoms with E-state index in [1.807, 2.05) is 27.7 Å². The Balaban J connectivity index is 0.00000163. The van der Waals surface area contributed by atoms with Gasteiger partial charge in [0.15, 0.2) is 0 Å². The van der Waals surface area contributed by atoms with Crippen LogP contribution in [0.2, 0.25) is 0 Å². The van der Waals surface area contributed by atoms with E-state index in [1.165, 1.54) is 25.9 Å². The summed E-state index contributed by atoms with van der Waals surface area (Å²) in [7, 11) is 0. The lowest BCUT2D eigenvalue weighted by atomic mass is 9.91. The van der Waals surface area contributed by atoms with Crippen molar-refractivity contribution in [2.24, 2.45) is 5.92 Å². The van der Waals surface area contributed by atoms with Gasteiger partial charge in [-0.1, -0.05) is 13.8 Å². The lowest BCUT2D eigenvalue weighted by Crippen LogP contribution is -2.48. The standard InChI is InChI=1S/C19H36N2O3.C2H6/c1-16(2)24-15-14-23-13-12-20-8-6-19(7-9-20)21-10-4-18(5-11-21)17(3)22;1-2/h16,18-19H,4-15H2,1-3H3;1-2H3. The van der Waals surface area contributed by atoms with Gasteiger partial charge < -0.3 is 19.3 Å². The minimum absolute atomic E-state index is 0.285. The third kappa shape index (κ3) is 8.94. The van der Waals surface area contributed by atoms with E-state index in [2.05, 4.69) is 9.80 Å². The highest BCUT2D eigenvalue weighted by molar-refractivity contribution is 5.78. The van der Waals surface area contributed by atoms with Gasteiger partial charge in [-0.25, -0.2) is 0 Å². The van der Waals surface area contributed by atoms with Crippen LogP contribution in [0.3, 0.4) is 0 Å². The van der Waals surface area contributed by atoms with Crippen molar-refractivity contribution < 1.29 is 14.3 Å². The molecule has 0 radical (unpaired) electrons. The van der Waals surface area contributed by atoms with Crippen molar-refractivity contribution >= 4 is 5.78 Å². The molecule has 0 aromatic rings. The molecule has 2 aliphatic rings. The Morgan fingerprint density at radius 2 is 1.58 bits per heavy atom. The van der Waals surface area contributed by atoms with E-state index in [9.17, 15) is 4.79 Å². The molecule has 0 amide bonds. The van der Waals surface area contributed by atoms with E-state index >= 15 is 0 Å². The van der Waals surface area contributed by atoms with Crippen LogP contribution in [0, 0.1) is 5.92 Å². The summed E-state index contributed by atoms with van der Waals surface area (Å²) in [4.78, 5) is 16.6. The Morgan fingerprint density at radius 3 is 2.12 bits per heavy atom. The van der Waals surface area contributed by atoms with Crippen molar-refractivity contribution in [2.75, 3.05) is 52.5 Å². The molecule has 5 nitrogen and oxygen atoms in total. The predicted molar refractivity (Wildman–Crippen MR) is 108 cm³/mol. The van der Waals surface area contributed by atoms with Crippen molar-refractivity contribution in [1.82, 2.24) is 9.80 Å². The summed E-state index contributed by atoms with van der Waals surface area (Å²) in [6.07, 6.45) is 4.90. The van der Waals surface area contributed by atoms with Crippen molar-refractivity contribution in [3.63, 3.8) is 0 Å². The largest absolute Gasteiger partial charge is 0.378 e. The number of Topliss-reactive ketones (excluding diaryl/α,β-unsaturated/α-hetero) is 1. The molecular formula is C21H42N2O3. The Hall–Kier alpha value is -0.490. The fourth-order valence-electron chi connectivity index (χ4n) is 3.82. The van der Waals surface area contributed by atoms with E-state index in [-0.39, 0.29) is 6.10 Å². The van der Waals surface area contributed by atoms with Crippen molar-refractivity contribution in [3.05, 3.63) is 0 Å². The molecule has 0 aromatic carbocycles. The van der Waals surface area contributed by atoms with E-state index in [1.54, 1.807) is 6.92 Å². The topological polar surface area (TPSA) is 42.0 Å². The number of rotatable bonds is 9. The lowest BCUT2D eigenvalue weighted by Gasteiger charge is -2.41. The van der Waals surface area contributed by atoms with Crippen LogP contribution >= 0.6 is 0 Å². The normalized spacial score (nSPS) is 20.8. The van der Waals surface area contributed by atoms with Crippen molar-refractivity contribution in [3.8, 4) is 0 Å². The SMILES string of the molecule is CC.CC(=O)C1CCN(C2CCN(CCOCCOC(C)C)CC2)CC1. The molecule has 0 saturated carbocycles. The fraction of sp³-hybridized carbons (Fsp3) is 0.952. The maximum atomic E-state index is 11.5. The van der Waals surface area contributed by atoms with Crippen LogP contribution in [0.25, 0.3) is 0 Å². The second kappa shape index (κ2) is 13.6. The molecule has 5 heteroatoms. The van der Waals surface area contributed by atoms with Gasteiger partial charge in [0, 0.05) is 18.5 Å². The number of carbonyl (C=O) groups is 1. The summed E-state index contributed by atoms with van der Waals surface area (Å²) in [6.45, 7) is 17.6. The highest BCUT2D eigenvalue weighted by atomic mass is 16.5. The molecule has 26 heavy (non-hydrogen) atoms. The van der Waals surface area contributed by atoms with E-state index < -0.39 is 0 Å². The molecule has 0 spiro atoms. The van der Waals surface area contributed by atoms with Crippen LogP contribution in [0.15, 0.2) is 0 Å². The molecule has 0 bridgehead atoms. The number of nitrogens with zero attached hydrogens (tertiary/aromatic N) is 2. The molecule has 0 atom stereocenters. The number of carbonyl (C=O) groups excluding carboxylic acids is 1. The molecular weight excluding hydrogens is 328 g/mol. The van der Waals surface area contributed by atoms with Gasteiger partial charge in [-0.2, -0.15) is 0 Å². The smallest absolute Gasteiger partial charge is 0.133 e. The number of ether oxygens (including phenoxy) is 2. The average molecular weight is 371 g/mol. The molecule has 2 saturated heterocycles. The summed E-state index contributed by atoms with van der Waals surface area (Å²) < 4.78 is 11.1. The molecule has 2 rings (SSSR count). The number of piperidine rings is 2. The van der Waals surface area contributed by atoms with Gasteiger partial charge in [0.2, 0.25) is 0 Å². The minimum Gasteiger partial charge on any atom is -0.378 e. The van der Waals surface area contributed by atoms with Gasteiger partial charge in [0.05, 0.1) is 25.9 Å². The lowest BCUT2D eigenvalue weighted by molar-refractivity contribution is -0.122. The zero-order chi connectivity index (χ0) is 19.4. The zero-order valence-electron chi connectivity index (χ0n) is 17.8. The van der Waals surface area contributed by atoms with Gasteiger partial charge in [-0.15, -0.1) is 0 Å². The van der Waals surface area contributed by atoms with E-state index in [0.29, 0.717) is 24.9 Å². The first kappa shape index (κ1) is 23.5. The van der Waals surface area contributed by atoms with Crippen LogP contribution < -0.4 is 0 Å². The molecule has 0 unspecified atom stereocenters. The molecule has 2 heterocycles. The van der Waals surface area contributed by atoms with Crippen LogP contribution in [0.1, 0.15) is 60.3 Å². The Bertz CT molecular complexity index is 360. The summed E-state index contributed by atoms with van der Waals surface area (Å²) in [5.74, 6) is 0.696. The Morgan fingerprint density at radius 1 is 0.962 bits per heavy atom. The molecule has 0 N–H and O–H groups in total. The number of likely N-dealkylation sites (tertiary alicyclic amines) is 2. The third-order valence-electron chi connectivity index (χ3n) is 5.41. The van der Waals surface area contributed by atoms with Crippen LogP contribution in [-0.2, 0) is 14.3 Å². The van der Waals surface area contributed by atoms with Gasteiger partial charge >= 0.3 is 0 Å². The minimum atomic E-state index is 0.285. The highest BCUT2D eigenvalue weighted by Crippen LogP contribution is 2.24. The number of hydrogen-bond donors (Lipinski definition) is 0. The Kier molecular flexibility index (Phi) is 12.4. The van der Waals surface area contributed by atoms with E-state index in [0.717, 1.165) is 45.1 Å². The average Bonchev–Trinajstić information content (AvgIpc) is 2.66. The van der Waals surface area contributed by atoms with Gasteiger partial charge in [0.25, 0.3) is 0 Å². The van der Waals surface area contributed by atoms with Crippen molar-refractivity contribution in [2.45, 2.75) is 72.4 Å². The molecule has 2 aliphatic heterocycles. The van der Waals surface area contributed by atoms with Gasteiger partial charge in [-0.3, -0.25) is 4.79 Å². The summed E-state index contributed by atoms with van der Waals surface area (Å²) in [6, 6.07) is 0.717. The Labute approximate surface area is 161 Å². The summed E-state index contributed by atoms with van der Waals surface area (Å²) in [5, 5.41) is 0. The van der Waals surface area contributed by atoms with Crippen molar-refractivity contribution in [1.29, 1.82) is 0 Å². The van der Waals surface area contributed by atoms with Crippen LogP contribution in [-0.4, -0.2) is 80.3 Å². The number of hydrogen-bond acceptors (Lipinski definition) is 5. The predicted octanol–water partition coefficient (Wildman–Crippen LogP) is 3.22. The molecule has 0 aromatic heterocycles. The zero-order valence-corrected chi connectivity index (χ0v) is 17.8. The first-order chi connectivity index (χ1) is 12.6. The van der Waals surface area contributed by atoms with E-state index in [4.69, 9.17) is 9.47 Å². The highest BCUT2D eigenvalue weighted by Gasteiger charge is 2.29.